The lowest BCUT2D eigenvalue weighted by Gasteiger charge is -2.28. The lowest BCUT2D eigenvalue weighted by Crippen LogP contribution is -2.38. The van der Waals surface area contributed by atoms with Gasteiger partial charge in [-0.25, -0.2) is 4.79 Å². The van der Waals surface area contributed by atoms with Gasteiger partial charge < -0.3 is 14.4 Å². The highest BCUT2D eigenvalue weighted by molar-refractivity contribution is 5.91. The fourth-order valence-electron chi connectivity index (χ4n) is 3.32. The van der Waals surface area contributed by atoms with Crippen molar-refractivity contribution < 1.29 is 19.1 Å². The summed E-state index contributed by atoms with van der Waals surface area (Å²) in [6.45, 7) is 0.908. The molecule has 29 heavy (non-hydrogen) atoms. The molecule has 0 aliphatic carbocycles. The number of nitrogens with zero attached hydrogens (tertiary/aromatic N) is 1. The van der Waals surface area contributed by atoms with Gasteiger partial charge in [0.15, 0.2) is 6.61 Å². The summed E-state index contributed by atoms with van der Waals surface area (Å²) in [6.07, 6.45) is 0.814. The van der Waals surface area contributed by atoms with Crippen molar-refractivity contribution in [1.82, 2.24) is 4.90 Å². The van der Waals surface area contributed by atoms with Crippen LogP contribution in [0.4, 0.5) is 0 Å². The molecule has 0 atom stereocenters. The summed E-state index contributed by atoms with van der Waals surface area (Å²) >= 11 is 0. The maximum atomic E-state index is 12.5. The van der Waals surface area contributed by atoms with Gasteiger partial charge in [0.25, 0.3) is 5.91 Å². The molecule has 0 aromatic heterocycles. The van der Waals surface area contributed by atoms with Crippen LogP contribution in [0.3, 0.4) is 0 Å². The molecule has 1 aliphatic rings. The van der Waals surface area contributed by atoms with Crippen molar-refractivity contribution in [2.45, 2.75) is 13.0 Å². The van der Waals surface area contributed by atoms with Gasteiger partial charge in [-0.2, -0.15) is 0 Å². The van der Waals surface area contributed by atoms with E-state index in [-0.39, 0.29) is 12.5 Å². The lowest BCUT2D eigenvalue weighted by molar-refractivity contribution is -0.135. The van der Waals surface area contributed by atoms with Crippen molar-refractivity contribution >= 4 is 11.9 Å². The molecule has 0 fully saturated rings. The van der Waals surface area contributed by atoms with E-state index in [1.165, 1.54) is 5.56 Å². The van der Waals surface area contributed by atoms with E-state index < -0.39 is 5.97 Å². The van der Waals surface area contributed by atoms with E-state index in [9.17, 15) is 9.59 Å². The van der Waals surface area contributed by atoms with Crippen molar-refractivity contribution in [3.8, 4) is 11.5 Å². The van der Waals surface area contributed by atoms with Gasteiger partial charge in [0, 0.05) is 13.1 Å². The number of ether oxygens (including phenoxy) is 2. The summed E-state index contributed by atoms with van der Waals surface area (Å²) in [5, 5.41) is 0. The number of fused-ring (bicyclic) bond motifs is 1. The normalized spacial score (nSPS) is 12.8. The van der Waals surface area contributed by atoms with Gasteiger partial charge in [-0.15, -0.1) is 0 Å². The maximum absolute atomic E-state index is 12.5. The van der Waals surface area contributed by atoms with Gasteiger partial charge in [0.2, 0.25) is 0 Å². The molecular weight excluding hydrogens is 366 g/mol. The van der Waals surface area contributed by atoms with Gasteiger partial charge >= 0.3 is 5.97 Å². The first-order chi connectivity index (χ1) is 14.2. The van der Waals surface area contributed by atoms with Gasteiger partial charge in [-0.3, -0.25) is 4.79 Å². The largest absolute Gasteiger partial charge is 0.457 e. The number of hydrogen-bond donors (Lipinski definition) is 0. The fourth-order valence-corrected chi connectivity index (χ4v) is 3.32. The topological polar surface area (TPSA) is 55.8 Å². The minimum atomic E-state index is -0.547. The highest BCUT2D eigenvalue weighted by atomic mass is 16.5. The van der Waals surface area contributed by atoms with Crippen molar-refractivity contribution in [3.05, 3.63) is 95.6 Å². The molecule has 3 aromatic carbocycles. The molecule has 0 bridgehead atoms. The van der Waals surface area contributed by atoms with E-state index in [1.807, 2.05) is 48.5 Å². The Hall–Kier alpha value is -3.60. The first-order valence-corrected chi connectivity index (χ1v) is 9.54. The van der Waals surface area contributed by atoms with E-state index in [0.717, 1.165) is 12.0 Å². The molecule has 5 nitrogen and oxygen atoms in total. The molecule has 0 saturated heterocycles. The zero-order valence-corrected chi connectivity index (χ0v) is 15.9. The Morgan fingerprint density at radius 3 is 2.38 bits per heavy atom. The number of benzene rings is 3. The average molecular weight is 387 g/mol. The zero-order valence-electron chi connectivity index (χ0n) is 15.9. The highest BCUT2D eigenvalue weighted by Gasteiger charge is 2.21. The molecule has 5 heteroatoms. The van der Waals surface area contributed by atoms with E-state index in [1.54, 1.807) is 29.2 Å². The molecular formula is C24H21NO4. The van der Waals surface area contributed by atoms with E-state index in [0.29, 0.717) is 30.2 Å². The number of carbonyl (C=O) groups excluding carboxylic acids is 2. The van der Waals surface area contributed by atoms with Crippen LogP contribution in [0, 0.1) is 0 Å². The van der Waals surface area contributed by atoms with E-state index in [2.05, 4.69) is 6.07 Å². The summed E-state index contributed by atoms with van der Waals surface area (Å²) in [7, 11) is 0. The summed E-state index contributed by atoms with van der Waals surface area (Å²) in [4.78, 5) is 26.6. The van der Waals surface area contributed by atoms with E-state index >= 15 is 0 Å². The summed E-state index contributed by atoms with van der Waals surface area (Å²) in [6, 6.07) is 24.1. The number of rotatable bonds is 5. The zero-order chi connectivity index (χ0) is 20.1. The Bertz CT molecular complexity index is 1020. The second kappa shape index (κ2) is 8.61. The molecule has 0 saturated carbocycles. The molecule has 3 aromatic rings. The van der Waals surface area contributed by atoms with Crippen LogP contribution >= 0.6 is 0 Å². The summed E-state index contributed by atoms with van der Waals surface area (Å²) in [5.41, 5.74) is 2.75. The van der Waals surface area contributed by atoms with Crippen LogP contribution in [0.25, 0.3) is 0 Å². The van der Waals surface area contributed by atoms with Crippen LogP contribution in [-0.2, 0) is 22.5 Å². The van der Waals surface area contributed by atoms with Crippen molar-refractivity contribution in [1.29, 1.82) is 0 Å². The van der Waals surface area contributed by atoms with Crippen molar-refractivity contribution in [3.63, 3.8) is 0 Å². The minimum absolute atomic E-state index is 0.190. The smallest absolute Gasteiger partial charge is 0.338 e. The third kappa shape index (κ3) is 4.63. The van der Waals surface area contributed by atoms with E-state index in [4.69, 9.17) is 9.47 Å². The van der Waals surface area contributed by atoms with Crippen LogP contribution in [-0.4, -0.2) is 29.9 Å². The Balaban J connectivity index is 1.34. The molecule has 146 valence electrons. The SMILES string of the molecule is O=C(OCC(=O)N1CCc2ccccc2C1)c1cccc(Oc2ccccc2)c1. The number of hydrogen-bond acceptors (Lipinski definition) is 4. The predicted octanol–water partition coefficient (Wildman–Crippen LogP) is 4.22. The second-order valence-corrected chi connectivity index (χ2v) is 6.85. The van der Waals surface area contributed by atoms with Crippen molar-refractivity contribution in [2.24, 2.45) is 0 Å². The number of carbonyl (C=O) groups is 2. The Kier molecular flexibility index (Phi) is 5.56. The first kappa shape index (κ1) is 18.7. The monoisotopic (exact) mass is 387 g/mol. The Morgan fingerprint density at radius 2 is 1.55 bits per heavy atom. The lowest BCUT2D eigenvalue weighted by atomic mass is 10.00. The first-order valence-electron chi connectivity index (χ1n) is 9.54. The van der Waals surface area contributed by atoms with Crippen LogP contribution in [0.5, 0.6) is 11.5 Å². The Labute approximate surface area is 169 Å². The second-order valence-electron chi connectivity index (χ2n) is 6.85. The standard InChI is InChI=1S/C24H21NO4/c26-23(25-14-13-18-7-4-5-8-20(18)16-25)17-28-24(27)19-9-6-12-22(15-19)29-21-10-2-1-3-11-21/h1-12,15H,13-14,16-17H2. The average Bonchev–Trinajstić information content (AvgIpc) is 2.77. The minimum Gasteiger partial charge on any atom is -0.457 e. The molecule has 1 aliphatic heterocycles. The van der Waals surface area contributed by atoms with Crippen LogP contribution in [0.2, 0.25) is 0 Å². The molecule has 0 spiro atoms. The highest BCUT2D eigenvalue weighted by Crippen LogP contribution is 2.22. The molecule has 0 radical (unpaired) electrons. The van der Waals surface area contributed by atoms with Crippen LogP contribution < -0.4 is 4.74 Å². The quantitative estimate of drug-likeness (QED) is 0.615. The molecule has 4 rings (SSSR count). The van der Waals surface area contributed by atoms with Gasteiger partial charge in [0.05, 0.1) is 5.56 Å². The third-order valence-corrected chi connectivity index (χ3v) is 4.86. The maximum Gasteiger partial charge on any atom is 0.338 e. The molecule has 1 heterocycles. The summed E-state index contributed by atoms with van der Waals surface area (Å²) < 4.78 is 11.0. The summed E-state index contributed by atoms with van der Waals surface area (Å²) in [5.74, 6) is 0.474. The third-order valence-electron chi connectivity index (χ3n) is 4.86. The van der Waals surface area contributed by atoms with Crippen LogP contribution in [0.15, 0.2) is 78.9 Å². The van der Waals surface area contributed by atoms with Gasteiger partial charge in [-0.1, -0.05) is 48.5 Å². The predicted molar refractivity (Wildman–Crippen MR) is 109 cm³/mol. The van der Waals surface area contributed by atoms with Gasteiger partial charge in [0.1, 0.15) is 11.5 Å². The van der Waals surface area contributed by atoms with Crippen molar-refractivity contribution in [2.75, 3.05) is 13.2 Å². The fraction of sp³-hybridized carbons (Fsp3) is 0.167. The number of esters is 1. The Morgan fingerprint density at radius 1 is 0.828 bits per heavy atom. The van der Waals surface area contributed by atoms with Crippen LogP contribution in [0.1, 0.15) is 21.5 Å². The number of amides is 1. The molecule has 1 amide bonds. The number of para-hydroxylation sites is 1. The molecule has 0 N–H and O–H groups in total. The van der Waals surface area contributed by atoms with Gasteiger partial charge in [-0.05, 0) is 47.9 Å². The molecule has 0 unspecified atom stereocenters.